The summed E-state index contributed by atoms with van der Waals surface area (Å²) in [5.74, 6) is -0.0946. The fourth-order valence-corrected chi connectivity index (χ4v) is 3.96. The summed E-state index contributed by atoms with van der Waals surface area (Å²) < 4.78 is 7.43. The van der Waals surface area contributed by atoms with Gasteiger partial charge in [0.15, 0.2) is 0 Å². The van der Waals surface area contributed by atoms with E-state index in [0.29, 0.717) is 19.7 Å². The van der Waals surface area contributed by atoms with Crippen molar-refractivity contribution in [1.29, 1.82) is 0 Å². The van der Waals surface area contributed by atoms with Gasteiger partial charge in [-0.2, -0.15) is 0 Å². The van der Waals surface area contributed by atoms with Gasteiger partial charge in [-0.1, -0.05) is 42.5 Å². The van der Waals surface area contributed by atoms with Crippen molar-refractivity contribution >= 4 is 16.9 Å². The standard InChI is InChI=1S/C22H26N4O3/c23-18(15-29-14-16-6-2-1-3-7-16)21(27)25-12-10-17(11-13-25)26-20-9-5-4-8-19(20)24-22(26)28/h1-9,17-18H,10-15,23H2,(H,24,28). The Morgan fingerprint density at radius 1 is 1.10 bits per heavy atom. The number of carbonyl (C=O) groups excluding carboxylic acids is 1. The summed E-state index contributed by atoms with van der Waals surface area (Å²) in [4.78, 5) is 29.7. The maximum Gasteiger partial charge on any atom is 0.326 e. The van der Waals surface area contributed by atoms with Crippen molar-refractivity contribution in [2.24, 2.45) is 5.73 Å². The van der Waals surface area contributed by atoms with Crippen LogP contribution in [0.5, 0.6) is 0 Å². The third kappa shape index (κ3) is 4.26. The summed E-state index contributed by atoms with van der Waals surface area (Å²) in [7, 11) is 0. The topological polar surface area (TPSA) is 93.3 Å². The van der Waals surface area contributed by atoms with E-state index < -0.39 is 6.04 Å². The van der Waals surface area contributed by atoms with Crippen molar-refractivity contribution in [3.63, 3.8) is 0 Å². The van der Waals surface area contributed by atoms with Gasteiger partial charge in [-0.05, 0) is 30.5 Å². The van der Waals surface area contributed by atoms with Crippen molar-refractivity contribution in [3.05, 3.63) is 70.6 Å². The third-order valence-corrected chi connectivity index (χ3v) is 5.49. The monoisotopic (exact) mass is 394 g/mol. The molecule has 0 spiro atoms. The summed E-state index contributed by atoms with van der Waals surface area (Å²) in [6.45, 7) is 1.80. The lowest BCUT2D eigenvalue weighted by Crippen LogP contribution is -2.49. The van der Waals surface area contributed by atoms with Gasteiger partial charge in [0.2, 0.25) is 5.91 Å². The molecule has 1 amide bonds. The molecule has 3 aromatic rings. The van der Waals surface area contributed by atoms with E-state index in [9.17, 15) is 9.59 Å². The fourth-order valence-electron chi connectivity index (χ4n) is 3.96. The molecule has 29 heavy (non-hydrogen) atoms. The molecule has 0 bridgehead atoms. The molecule has 0 saturated carbocycles. The zero-order valence-electron chi connectivity index (χ0n) is 16.3. The van der Waals surface area contributed by atoms with E-state index >= 15 is 0 Å². The van der Waals surface area contributed by atoms with Crippen LogP contribution in [0, 0.1) is 0 Å². The highest BCUT2D eigenvalue weighted by Gasteiger charge is 2.28. The van der Waals surface area contributed by atoms with Gasteiger partial charge < -0.3 is 20.4 Å². The van der Waals surface area contributed by atoms with Crippen molar-refractivity contribution in [2.45, 2.75) is 31.5 Å². The molecule has 1 aliphatic heterocycles. The first-order chi connectivity index (χ1) is 14.1. The van der Waals surface area contributed by atoms with Crippen molar-refractivity contribution in [1.82, 2.24) is 14.5 Å². The number of likely N-dealkylation sites (tertiary alicyclic amines) is 1. The van der Waals surface area contributed by atoms with E-state index in [4.69, 9.17) is 10.5 Å². The predicted molar refractivity (Wildman–Crippen MR) is 111 cm³/mol. The van der Waals surface area contributed by atoms with Crippen molar-refractivity contribution in [2.75, 3.05) is 19.7 Å². The molecule has 1 aliphatic rings. The Labute approximate surface area is 169 Å². The molecule has 7 nitrogen and oxygen atoms in total. The van der Waals surface area contributed by atoms with Crippen LogP contribution in [0.15, 0.2) is 59.4 Å². The lowest BCUT2D eigenvalue weighted by molar-refractivity contribution is -0.135. The quantitative estimate of drug-likeness (QED) is 0.669. The summed E-state index contributed by atoms with van der Waals surface area (Å²) in [5, 5.41) is 0. The number of benzene rings is 2. The molecule has 1 saturated heterocycles. The van der Waals surface area contributed by atoms with Gasteiger partial charge in [-0.3, -0.25) is 9.36 Å². The highest BCUT2D eigenvalue weighted by molar-refractivity contribution is 5.82. The molecule has 1 fully saturated rings. The van der Waals surface area contributed by atoms with Crippen LogP contribution in [0.25, 0.3) is 11.0 Å². The Bertz CT molecular complexity index is 1020. The van der Waals surface area contributed by atoms with Gasteiger partial charge in [0.05, 0.1) is 24.2 Å². The number of aromatic amines is 1. The summed E-state index contributed by atoms with van der Waals surface area (Å²) in [5.41, 5.74) is 8.77. The second-order valence-electron chi connectivity index (χ2n) is 7.48. The largest absolute Gasteiger partial charge is 0.375 e. The second-order valence-corrected chi connectivity index (χ2v) is 7.48. The average molecular weight is 394 g/mol. The Morgan fingerprint density at radius 2 is 1.79 bits per heavy atom. The first-order valence-corrected chi connectivity index (χ1v) is 9.99. The van der Waals surface area contributed by atoms with Crippen LogP contribution in [0.1, 0.15) is 24.4 Å². The maximum absolute atomic E-state index is 12.7. The lowest BCUT2D eigenvalue weighted by Gasteiger charge is -2.34. The molecule has 2 heterocycles. The number of rotatable bonds is 6. The number of hydrogen-bond donors (Lipinski definition) is 2. The number of carbonyl (C=O) groups is 1. The first-order valence-electron chi connectivity index (χ1n) is 9.99. The minimum Gasteiger partial charge on any atom is -0.375 e. The molecule has 1 unspecified atom stereocenters. The van der Waals surface area contributed by atoms with E-state index in [0.717, 1.165) is 29.4 Å². The van der Waals surface area contributed by atoms with Crippen LogP contribution in [0.4, 0.5) is 0 Å². The Hall–Kier alpha value is -2.90. The number of fused-ring (bicyclic) bond motifs is 1. The SMILES string of the molecule is NC(COCc1ccccc1)C(=O)N1CCC(n2c(=O)[nH]c3ccccc32)CC1. The smallest absolute Gasteiger partial charge is 0.326 e. The number of nitrogens with zero attached hydrogens (tertiary/aromatic N) is 2. The van der Waals surface area contributed by atoms with Crippen LogP contribution >= 0.6 is 0 Å². The molecule has 0 radical (unpaired) electrons. The zero-order valence-corrected chi connectivity index (χ0v) is 16.3. The number of ether oxygens (including phenoxy) is 1. The van der Waals surface area contributed by atoms with Gasteiger partial charge in [0.25, 0.3) is 0 Å². The molecule has 2 aromatic carbocycles. The van der Waals surface area contributed by atoms with Gasteiger partial charge in [-0.15, -0.1) is 0 Å². The molecule has 3 N–H and O–H groups in total. The van der Waals surface area contributed by atoms with E-state index in [1.807, 2.05) is 59.2 Å². The Balaban J connectivity index is 1.31. The van der Waals surface area contributed by atoms with E-state index in [-0.39, 0.29) is 24.2 Å². The number of aromatic nitrogens is 2. The molecule has 7 heteroatoms. The van der Waals surface area contributed by atoms with Gasteiger partial charge in [-0.25, -0.2) is 4.79 Å². The summed E-state index contributed by atoms with van der Waals surface area (Å²) in [6, 6.07) is 16.9. The van der Waals surface area contributed by atoms with Crippen molar-refractivity contribution in [3.8, 4) is 0 Å². The van der Waals surface area contributed by atoms with Crippen LogP contribution in [-0.4, -0.2) is 46.1 Å². The van der Waals surface area contributed by atoms with E-state index in [1.165, 1.54) is 0 Å². The zero-order chi connectivity index (χ0) is 20.2. The normalized spacial score (nSPS) is 16.2. The summed E-state index contributed by atoms with van der Waals surface area (Å²) in [6.07, 6.45) is 1.45. The molecule has 0 aliphatic carbocycles. The lowest BCUT2D eigenvalue weighted by atomic mass is 10.0. The number of piperidine rings is 1. The minimum absolute atomic E-state index is 0.0771. The number of nitrogens with one attached hydrogen (secondary N) is 1. The van der Waals surface area contributed by atoms with Crippen LogP contribution in [-0.2, 0) is 16.1 Å². The number of hydrogen-bond acceptors (Lipinski definition) is 4. The van der Waals surface area contributed by atoms with Crippen LogP contribution in [0.2, 0.25) is 0 Å². The first kappa shape index (κ1) is 19.4. The number of amides is 1. The van der Waals surface area contributed by atoms with Gasteiger partial charge in [0, 0.05) is 19.1 Å². The molecule has 152 valence electrons. The highest BCUT2D eigenvalue weighted by Crippen LogP contribution is 2.25. The van der Waals surface area contributed by atoms with Crippen LogP contribution in [0.3, 0.4) is 0 Å². The second kappa shape index (κ2) is 8.63. The number of nitrogens with two attached hydrogens (primary N) is 1. The minimum atomic E-state index is -0.675. The van der Waals surface area contributed by atoms with Crippen molar-refractivity contribution < 1.29 is 9.53 Å². The molecule has 1 atom stereocenters. The highest BCUT2D eigenvalue weighted by atomic mass is 16.5. The maximum atomic E-state index is 12.7. The third-order valence-electron chi connectivity index (χ3n) is 5.49. The Kier molecular flexibility index (Phi) is 5.78. The number of H-pyrrole nitrogens is 1. The fraction of sp³-hybridized carbons (Fsp3) is 0.364. The van der Waals surface area contributed by atoms with E-state index in [1.54, 1.807) is 4.90 Å². The van der Waals surface area contributed by atoms with Gasteiger partial charge >= 0.3 is 5.69 Å². The van der Waals surface area contributed by atoms with Gasteiger partial charge in [0.1, 0.15) is 6.04 Å². The predicted octanol–water partition coefficient (Wildman–Crippen LogP) is 2.04. The number of para-hydroxylation sites is 2. The Morgan fingerprint density at radius 3 is 2.55 bits per heavy atom. The molecule has 4 rings (SSSR count). The average Bonchev–Trinajstić information content (AvgIpc) is 3.09. The molecular formula is C22H26N4O3. The number of imidazole rings is 1. The molecule has 1 aromatic heterocycles. The van der Waals surface area contributed by atoms with E-state index in [2.05, 4.69) is 4.98 Å². The van der Waals surface area contributed by atoms with Crippen LogP contribution < -0.4 is 11.4 Å². The summed E-state index contributed by atoms with van der Waals surface area (Å²) >= 11 is 0. The molecular weight excluding hydrogens is 368 g/mol.